The fourth-order valence-electron chi connectivity index (χ4n) is 1.73. The summed E-state index contributed by atoms with van der Waals surface area (Å²) < 4.78 is 0. The molecule has 0 saturated heterocycles. The molecule has 0 aliphatic heterocycles. The topological polar surface area (TPSA) is 75.1 Å². The van der Waals surface area contributed by atoms with Crippen molar-refractivity contribution in [3.8, 4) is 11.8 Å². The van der Waals surface area contributed by atoms with Crippen LogP contribution in [0.3, 0.4) is 0 Å². The zero-order valence-corrected chi connectivity index (χ0v) is 11.6. The van der Waals surface area contributed by atoms with E-state index in [9.17, 15) is 4.79 Å². The number of hydrogen-bond donors (Lipinski definition) is 2. The van der Waals surface area contributed by atoms with Crippen molar-refractivity contribution in [1.82, 2.24) is 9.97 Å². The Kier molecular flexibility index (Phi) is 5.02. The Morgan fingerprint density at radius 3 is 2.76 bits per heavy atom. The first-order valence-corrected chi connectivity index (χ1v) is 6.47. The van der Waals surface area contributed by atoms with E-state index in [-0.39, 0.29) is 12.5 Å². The second-order valence-electron chi connectivity index (χ2n) is 4.39. The van der Waals surface area contributed by atoms with E-state index in [0.717, 1.165) is 11.1 Å². The molecule has 21 heavy (non-hydrogen) atoms. The van der Waals surface area contributed by atoms with Crippen LogP contribution in [-0.4, -0.2) is 27.6 Å². The van der Waals surface area contributed by atoms with Crippen molar-refractivity contribution in [3.63, 3.8) is 0 Å². The highest BCUT2D eigenvalue weighted by molar-refractivity contribution is 6.04. The largest absolute Gasteiger partial charge is 0.395 e. The van der Waals surface area contributed by atoms with Crippen molar-refractivity contribution in [2.75, 3.05) is 11.9 Å². The molecule has 0 fully saturated rings. The van der Waals surface area contributed by atoms with E-state index in [1.807, 2.05) is 6.92 Å². The second kappa shape index (κ2) is 7.17. The monoisotopic (exact) mass is 281 g/mol. The average Bonchev–Trinajstić information content (AvgIpc) is 2.50. The highest BCUT2D eigenvalue weighted by Gasteiger charge is 2.07. The van der Waals surface area contributed by atoms with Crippen LogP contribution in [0.2, 0.25) is 0 Å². The van der Waals surface area contributed by atoms with Gasteiger partial charge in [-0.25, -0.2) is 9.97 Å². The molecule has 0 saturated carbocycles. The Morgan fingerprint density at radius 2 is 2.10 bits per heavy atom. The molecule has 1 heterocycles. The Balaban J connectivity index is 2.13. The summed E-state index contributed by atoms with van der Waals surface area (Å²) in [7, 11) is 0. The van der Waals surface area contributed by atoms with Gasteiger partial charge in [-0.15, -0.1) is 0 Å². The molecule has 0 unspecified atom stereocenters. The van der Waals surface area contributed by atoms with E-state index in [0.29, 0.717) is 17.7 Å². The Bertz CT molecular complexity index is 688. The van der Waals surface area contributed by atoms with E-state index in [1.54, 1.807) is 18.2 Å². The molecule has 5 heteroatoms. The van der Waals surface area contributed by atoms with Gasteiger partial charge in [0.2, 0.25) is 0 Å². The summed E-state index contributed by atoms with van der Waals surface area (Å²) in [5, 5.41) is 11.4. The standard InChI is InChI=1S/C16H15N3O2/c1-12-8-14(6-5-13(12)4-2-3-7-20)16(21)19-15-9-17-11-18-10-15/h5-6,8-11,20H,3,7H2,1H3,(H,19,21). The number of carbonyl (C=O) groups is 1. The SMILES string of the molecule is Cc1cc(C(=O)Nc2cncnc2)ccc1C#CCCO. The summed E-state index contributed by atoms with van der Waals surface area (Å²) >= 11 is 0. The van der Waals surface area contributed by atoms with E-state index in [4.69, 9.17) is 5.11 Å². The predicted octanol–water partition coefficient (Wildman–Crippen LogP) is 1.77. The number of rotatable bonds is 3. The maximum absolute atomic E-state index is 12.1. The predicted molar refractivity (Wildman–Crippen MR) is 79.7 cm³/mol. The van der Waals surface area contributed by atoms with Gasteiger partial charge < -0.3 is 10.4 Å². The van der Waals surface area contributed by atoms with Gasteiger partial charge in [-0.3, -0.25) is 4.79 Å². The third-order valence-electron chi connectivity index (χ3n) is 2.77. The van der Waals surface area contributed by atoms with Crippen LogP contribution in [-0.2, 0) is 0 Å². The van der Waals surface area contributed by atoms with Crippen molar-refractivity contribution in [3.05, 3.63) is 53.6 Å². The van der Waals surface area contributed by atoms with Gasteiger partial charge in [0.15, 0.2) is 0 Å². The first-order valence-electron chi connectivity index (χ1n) is 6.47. The summed E-state index contributed by atoms with van der Waals surface area (Å²) in [6.07, 6.45) is 4.91. The zero-order valence-electron chi connectivity index (χ0n) is 11.6. The molecule has 0 aliphatic carbocycles. The van der Waals surface area contributed by atoms with Crippen LogP contribution < -0.4 is 5.32 Å². The molecule has 0 aliphatic rings. The van der Waals surface area contributed by atoms with E-state index in [2.05, 4.69) is 27.1 Å². The highest BCUT2D eigenvalue weighted by Crippen LogP contribution is 2.12. The number of benzene rings is 1. The number of aromatic nitrogens is 2. The number of anilines is 1. The molecule has 1 aromatic heterocycles. The van der Waals surface area contributed by atoms with Gasteiger partial charge in [0.05, 0.1) is 24.7 Å². The van der Waals surface area contributed by atoms with Crippen LogP contribution in [0.1, 0.15) is 27.9 Å². The number of aliphatic hydroxyl groups is 1. The summed E-state index contributed by atoms with van der Waals surface area (Å²) in [6, 6.07) is 5.30. The van der Waals surface area contributed by atoms with Crippen LogP contribution in [0.4, 0.5) is 5.69 Å². The van der Waals surface area contributed by atoms with Gasteiger partial charge in [0, 0.05) is 17.5 Å². The fourth-order valence-corrected chi connectivity index (χ4v) is 1.73. The molecule has 0 spiro atoms. The molecule has 0 radical (unpaired) electrons. The van der Waals surface area contributed by atoms with E-state index in [1.165, 1.54) is 18.7 Å². The van der Waals surface area contributed by atoms with Gasteiger partial charge in [0.1, 0.15) is 6.33 Å². The van der Waals surface area contributed by atoms with E-state index >= 15 is 0 Å². The van der Waals surface area contributed by atoms with Crippen molar-refractivity contribution in [2.24, 2.45) is 0 Å². The lowest BCUT2D eigenvalue weighted by Crippen LogP contribution is -2.12. The molecule has 5 nitrogen and oxygen atoms in total. The number of aliphatic hydroxyl groups excluding tert-OH is 1. The van der Waals surface area contributed by atoms with Gasteiger partial charge in [0.25, 0.3) is 5.91 Å². The normalized spacial score (nSPS) is 9.62. The number of amides is 1. The third-order valence-corrected chi connectivity index (χ3v) is 2.77. The maximum atomic E-state index is 12.1. The Morgan fingerprint density at radius 1 is 1.33 bits per heavy atom. The molecule has 0 atom stereocenters. The van der Waals surface area contributed by atoms with Gasteiger partial charge >= 0.3 is 0 Å². The van der Waals surface area contributed by atoms with Crippen LogP contribution in [0.15, 0.2) is 36.9 Å². The first kappa shape index (κ1) is 14.7. The molecule has 106 valence electrons. The Hall–Kier alpha value is -2.71. The lowest BCUT2D eigenvalue weighted by Gasteiger charge is -2.06. The lowest BCUT2D eigenvalue weighted by molar-refractivity contribution is 0.102. The fraction of sp³-hybridized carbons (Fsp3) is 0.188. The van der Waals surface area contributed by atoms with Crippen LogP contribution >= 0.6 is 0 Å². The molecular formula is C16H15N3O2. The summed E-state index contributed by atoms with van der Waals surface area (Å²) in [4.78, 5) is 19.8. The molecule has 2 N–H and O–H groups in total. The highest BCUT2D eigenvalue weighted by atomic mass is 16.2. The van der Waals surface area contributed by atoms with E-state index < -0.39 is 0 Å². The third kappa shape index (κ3) is 4.13. The minimum atomic E-state index is -0.220. The number of aryl methyl sites for hydroxylation is 1. The zero-order chi connectivity index (χ0) is 15.1. The van der Waals surface area contributed by atoms with Crippen molar-refractivity contribution in [1.29, 1.82) is 0 Å². The minimum Gasteiger partial charge on any atom is -0.395 e. The van der Waals surface area contributed by atoms with Gasteiger partial charge in [-0.05, 0) is 30.7 Å². The van der Waals surface area contributed by atoms with Crippen molar-refractivity contribution < 1.29 is 9.90 Å². The molecule has 2 rings (SSSR count). The van der Waals surface area contributed by atoms with Crippen LogP contribution in [0.5, 0.6) is 0 Å². The van der Waals surface area contributed by atoms with Crippen molar-refractivity contribution in [2.45, 2.75) is 13.3 Å². The Labute approximate surface area is 123 Å². The molecule has 1 aromatic carbocycles. The van der Waals surface area contributed by atoms with Crippen LogP contribution in [0.25, 0.3) is 0 Å². The number of nitrogens with zero attached hydrogens (tertiary/aromatic N) is 2. The smallest absolute Gasteiger partial charge is 0.255 e. The number of hydrogen-bond acceptors (Lipinski definition) is 4. The minimum absolute atomic E-state index is 0.0473. The lowest BCUT2D eigenvalue weighted by atomic mass is 10.0. The number of carbonyl (C=O) groups excluding carboxylic acids is 1. The van der Waals surface area contributed by atoms with Gasteiger partial charge in [-0.2, -0.15) is 0 Å². The first-order chi connectivity index (χ1) is 10.2. The average molecular weight is 281 g/mol. The second-order valence-corrected chi connectivity index (χ2v) is 4.39. The van der Waals surface area contributed by atoms with Crippen LogP contribution in [0, 0.1) is 18.8 Å². The summed E-state index contributed by atoms with van der Waals surface area (Å²) in [5.41, 5.74) is 2.86. The summed E-state index contributed by atoms with van der Waals surface area (Å²) in [5.74, 6) is 5.61. The maximum Gasteiger partial charge on any atom is 0.255 e. The molecule has 1 amide bonds. The summed E-state index contributed by atoms with van der Waals surface area (Å²) in [6.45, 7) is 1.94. The molecule has 0 bridgehead atoms. The van der Waals surface area contributed by atoms with Gasteiger partial charge in [-0.1, -0.05) is 11.8 Å². The molecular weight excluding hydrogens is 266 g/mol. The molecule has 2 aromatic rings. The van der Waals surface area contributed by atoms with Crippen molar-refractivity contribution >= 4 is 11.6 Å². The number of nitrogens with one attached hydrogen (secondary N) is 1. The quantitative estimate of drug-likeness (QED) is 0.841.